The van der Waals surface area contributed by atoms with Crippen LogP contribution in [0.25, 0.3) is 21.6 Å². The Morgan fingerprint density at radius 1 is 1.17 bits per heavy atom. The molecule has 0 bridgehead atoms. The number of thiazole rings is 1. The summed E-state index contributed by atoms with van der Waals surface area (Å²) in [5, 5.41) is 12.6. The molecule has 176 valence electrons. The van der Waals surface area contributed by atoms with Gasteiger partial charge in [-0.15, -0.1) is 0 Å². The van der Waals surface area contributed by atoms with E-state index in [9.17, 15) is 10.1 Å². The minimum atomic E-state index is -0.374. The van der Waals surface area contributed by atoms with E-state index in [0.29, 0.717) is 49.5 Å². The van der Waals surface area contributed by atoms with E-state index >= 15 is 0 Å². The zero-order chi connectivity index (χ0) is 24.4. The topological polar surface area (TPSA) is 123 Å². The lowest BCUT2D eigenvalue weighted by Crippen LogP contribution is -2.15. The summed E-state index contributed by atoms with van der Waals surface area (Å²) in [6.07, 6.45) is 5.12. The number of hydrogen-bond donors (Lipinski definition) is 1. The zero-order valence-corrected chi connectivity index (χ0v) is 20.1. The van der Waals surface area contributed by atoms with Gasteiger partial charge in [-0.1, -0.05) is 11.3 Å². The number of carbonyl (C=O) groups excluding carboxylic acids is 1. The number of benzene rings is 1. The van der Waals surface area contributed by atoms with E-state index in [1.54, 1.807) is 37.6 Å². The molecule has 0 atom stereocenters. The normalized spacial score (nSPS) is 14.0. The van der Waals surface area contributed by atoms with Crippen LogP contribution in [0, 0.1) is 18.3 Å². The van der Waals surface area contributed by atoms with Crippen molar-refractivity contribution in [3.8, 4) is 22.9 Å². The molecule has 4 heterocycles. The molecule has 35 heavy (non-hydrogen) atoms. The average molecular weight is 487 g/mol. The molecule has 9 nitrogen and oxygen atoms in total. The summed E-state index contributed by atoms with van der Waals surface area (Å²) in [6, 6.07) is 9.02. The molecular formula is C25H22N6O3S. The fourth-order valence-corrected chi connectivity index (χ4v) is 4.89. The number of anilines is 1. The second-order valence-corrected chi connectivity index (χ2v) is 9.16. The van der Waals surface area contributed by atoms with Crippen LogP contribution in [-0.2, 0) is 4.74 Å². The third-order valence-electron chi connectivity index (χ3n) is 5.91. The molecule has 1 aliphatic rings. The molecular weight excluding hydrogens is 464 g/mol. The maximum Gasteiger partial charge on any atom is 0.259 e. The van der Waals surface area contributed by atoms with Crippen molar-refractivity contribution in [2.75, 3.05) is 25.6 Å². The zero-order valence-electron chi connectivity index (χ0n) is 19.2. The Morgan fingerprint density at radius 3 is 2.77 bits per heavy atom. The van der Waals surface area contributed by atoms with Crippen LogP contribution < -0.4 is 10.1 Å². The Bertz CT molecular complexity index is 1460. The maximum absolute atomic E-state index is 13.3. The van der Waals surface area contributed by atoms with Crippen molar-refractivity contribution < 1.29 is 14.3 Å². The van der Waals surface area contributed by atoms with Gasteiger partial charge >= 0.3 is 0 Å². The first-order valence-electron chi connectivity index (χ1n) is 11.1. The number of methoxy groups -OCH3 is 1. The van der Waals surface area contributed by atoms with Gasteiger partial charge in [0.1, 0.15) is 5.75 Å². The van der Waals surface area contributed by atoms with Crippen molar-refractivity contribution in [1.29, 1.82) is 5.26 Å². The number of aromatic nitrogens is 4. The number of rotatable bonds is 5. The Labute approximate surface area is 205 Å². The van der Waals surface area contributed by atoms with E-state index in [2.05, 4.69) is 26.3 Å². The highest BCUT2D eigenvalue weighted by Gasteiger charge is 2.21. The van der Waals surface area contributed by atoms with Crippen LogP contribution in [-0.4, -0.2) is 46.2 Å². The van der Waals surface area contributed by atoms with Crippen molar-refractivity contribution in [3.05, 3.63) is 59.2 Å². The van der Waals surface area contributed by atoms with Gasteiger partial charge in [0.15, 0.2) is 15.6 Å². The molecule has 1 aliphatic heterocycles. The smallest absolute Gasteiger partial charge is 0.259 e. The fraction of sp³-hybridized carbons (Fsp3) is 0.280. The van der Waals surface area contributed by atoms with Gasteiger partial charge < -0.3 is 9.47 Å². The predicted molar refractivity (Wildman–Crippen MR) is 132 cm³/mol. The van der Waals surface area contributed by atoms with E-state index < -0.39 is 0 Å². The molecule has 3 aromatic heterocycles. The van der Waals surface area contributed by atoms with Gasteiger partial charge in [0, 0.05) is 42.1 Å². The largest absolute Gasteiger partial charge is 0.496 e. The van der Waals surface area contributed by atoms with Gasteiger partial charge in [-0.25, -0.2) is 9.97 Å². The molecule has 10 heteroatoms. The number of nitrogens with one attached hydrogen (secondary N) is 1. The number of nitrogens with zero attached hydrogens (tertiary/aromatic N) is 5. The Kier molecular flexibility index (Phi) is 6.35. The second kappa shape index (κ2) is 9.74. The van der Waals surface area contributed by atoms with E-state index in [1.165, 1.54) is 17.5 Å². The summed E-state index contributed by atoms with van der Waals surface area (Å²) < 4.78 is 10.9. The third-order valence-corrected chi connectivity index (χ3v) is 6.76. The highest BCUT2D eigenvalue weighted by molar-refractivity contribution is 7.21. The highest BCUT2D eigenvalue weighted by atomic mass is 32.1. The monoisotopic (exact) mass is 486 g/mol. The van der Waals surface area contributed by atoms with Crippen molar-refractivity contribution in [2.24, 2.45) is 0 Å². The van der Waals surface area contributed by atoms with E-state index in [0.717, 1.165) is 37.4 Å². The predicted octanol–water partition coefficient (Wildman–Crippen LogP) is 4.48. The molecule has 1 aromatic carbocycles. The van der Waals surface area contributed by atoms with Gasteiger partial charge in [0.25, 0.3) is 5.91 Å². The van der Waals surface area contributed by atoms with Gasteiger partial charge in [-0.2, -0.15) is 10.2 Å². The van der Waals surface area contributed by atoms with E-state index in [-0.39, 0.29) is 5.91 Å². The Balaban J connectivity index is 1.46. The van der Waals surface area contributed by atoms with E-state index in [4.69, 9.17) is 14.5 Å². The van der Waals surface area contributed by atoms with Gasteiger partial charge in [0.05, 0.1) is 36.2 Å². The molecule has 0 saturated carbocycles. The molecule has 1 amide bonds. The number of amides is 1. The molecule has 0 unspecified atom stereocenters. The first-order chi connectivity index (χ1) is 17.1. The van der Waals surface area contributed by atoms with Crippen LogP contribution in [0.4, 0.5) is 5.13 Å². The summed E-state index contributed by atoms with van der Waals surface area (Å²) in [4.78, 5) is 32.0. The lowest BCUT2D eigenvalue weighted by molar-refractivity contribution is 0.0845. The molecule has 1 saturated heterocycles. The molecule has 1 fully saturated rings. The average Bonchev–Trinajstić information content (AvgIpc) is 3.30. The summed E-state index contributed by atoms with van der Waals surface area (Å²) in [6.45, 7) is 3.29. The van der Waals surface area contributed by atoms with E-state index in [1.807, 2.05) is 6.92 Å². The maximum atomic E-state index is 13.3. The number of nitriles is 1. The minimum absolute atomic E-state index is 0.320. The number of aryl methyl sites for hydroxylation is 1. The number of carbonyl (C=O) groups is 1. The standard InChI is InChI=1S/C25H22N6O3S/c1-14-9-17(18-10-15(11-26)3-4-21(18)33-2)19(12-27-14)23(32)31-25-30-22-24(35-25)29-20(13-28-22)16-5-7-34-8-6-16/h3-4,9-10,12-13,16H,5-8H2,1-2H3,(H,28,30,31,32). The highest BCUT2D eigenvalue weighted by Crippen LogP contribution is 2.34. The summed E-state index contributed by atoms with van der Waals surface area (Å²) >= 11 is 1.28. The molecule has 4 aromatic rings. The second-order valence-electron chi connectivity index (χ2n) is 8.18. The van der Waals surface area contributed by atoms with Gasteiger partial charge in [-0.05, 0) is 44.0 Å². The van der Waals surface area contributed by atoms with Crippen LogP contribution in [0.2, 0.25) is 0 Å². The quantitative estimate of drug-likeness (QED) is 0.438. The summed E-state index contributed by atoms with van der Waals surface area (Å²) in [7, 11) is 1.55. The van der Waals surface area contributed by atoms with Crippen molar-refractivity contribution in [1.82, 2.24) is 19.9 Å². The van der Waals surface area contributed by atoms with Crippen LogP contribution >= 0.6 is 11.3 Å². The molecule has 1 N–H and O–H groups in total. The van der Waals surface area contributed by atoms with Gasteiger partial charge in [0.2, 0.25) is 0 Å². The summed E-state index contributed by atoms with van der Waals surface area (Å²) in [5.41, 5.74) is 4.20. The Hall–Kier alpha value is -3.94. The first kappa shape index (κ1) is 22.8. The van der Waals surface area contributed by atoms with Crippen LogP contribution in [0.15, 0.2) is 36.7 Å². The van der Waals surface area contributed by atoms with Crippen LogP contribution in [0.3, 0.4) is 0 Å². The van der Waals surface area contributed by atoms with Gasteiger partial charge in [-0.3, -0.25) is 15.1 Å². The minimum Gasteiger partial charge on any atom is -0.496 e. The number of pyridine rings is 1. The fourth-order valence-electron chi connectivity index (χ4n) is 4.09. The lowest BCUT2D eigenvalue weighted by atomic mass is 9.97. The molecule has 5 rings (SSSR count). The van der Waals surface area contributed by atoms with Crippen molar-refractivity contribution in [3.63, 3.8) is 0 Å². The van der Waals surface area contributed by atoms with Crippen molar-refractivity contribution >= 4 is 32.9 Å². The van der Waals surface area contributed by atoms with Crippen LogP contribution in [0.1, 0.15) is 46.1 Å². The SMILES string of the molecule is COc1ccc(C#N)cc1-c1cc(C)ncc1C(=O)Nc1nc2ncc(C3CCOCC3)nc2s1. The summed E-state index contributed by atoms with van der Waals surface area (Å²) in [5.74, 6) is 0.499. The number of hydrogen-bond acceptors (Lipinski definition) is 9. The molecule has 0 aliphatic carbocycles. The van der Waals surface area contributed by atoms with Crippen LogP contribution in [0.5, 0.6) is 5.75 Å². The number of ether oxygens (including phenoxy) is 2. The molecule has 0 spiro atoms. The Morgan fingerprint density at radius 2 is 2.00 bits per heavy atom. The first-order valence-corrected chi connectivity index (χ1v) is 11.9. The number of fused-ring (bicyclic) bond motifs is 1. The molecule has 0 radical (unpaired) electrons. The third kappa shape index (κ3) is 4.69. The lowest BCUT2D eigenvalue weighted by Gasteiger charge is -2.20. The van der Waals surface area contributed by atoms with Crippen molar-refractivity contribution in [2.45, 2.75) is 25.7 Å².